The molecule has 3 nitrogen and oxygen atoms in total. The fourth-order valence-electron chi connectivity index (χ4n) is 1.21. The van der Waals surface area contributed by atoms with Crippen molar-refractivity contribution < 1.29 is 22.4 Å². The van der Waals surface area contributed by atoms with E-state index in [-0.39, 0.29) is 6.08 Å². The van der Waals surface area contributed by atoms with Gasteiger partial charge in [0.2, 0.25) is 11.7 Å². The summed E-state index contributed by atoms with van der Waals surface area (Å²) in [6.07, 6.45) is -2.47. The van der Waals surface area contributed by atoms with E-state index in [9.17, 15) is 22.4 Å². The van der Waals surface area contributed by atoms with Gasteiger partial charge in [-0.25, -0.2) is 9.18 Å². The van der Waals surface area contributed by atoms with Crippen molar-refractivity contribution >= 4 is 6.08 Å². The van der Waals surface area contributed by atoms with Crippen molar-refractivity contribution in [2.45, 2.75) is 11.8 Å². The summed E-state index contributed by atoms with van der Waals surface area (Å²) in [5.41, 5.74) is -4.34. The third-order valence-corrected chi connectivity index (χ3v) is 2.02. The van der Waals surface area contributed by atoms with Crippen LogP contribution in [-0.4, -0.2) is 17.9 Å². The maximum absolute atomic E-state index is 13.7. The lowest BCUT2D eigenvalue weighted by Gasteiger charge is -2.29. The molecule has 1 aliphatic carbocycles. The molecule has 0 bridgehead atoms. The van der Waals surface area contributed by atoms with E-state index in [1.165, 1.54) is 6.07 Å². The van der Waals surface area contributed by atoms with Crippen LogP contribution in [0.5, 0.6) is 0 Å². The summed E-state index contributed by atoms with van der Waals surface area (Å²) in [6.45, 7) is 0. The summed E-state index contributed by atoms with van der Waals surface area (Å²) < 4.78 is 50.9. The predicted molar refractivity (Wildman–Crippen MR) is 44.3 cm³/mol. The van der Waals surface area contributed by atoms with E-state index in [0.29, 0.717) is 6.08 Å². The van der Waals surface area contributed by atoms with Gasteiger partial charge in [-0.2, -0.15) is 23.4 Å². The Bertz CT molecular complexity index is 439. The van der Waals surface area contributed by atoms with Gasteiger partial charge in [-0.1, -0.05) is 6.08 Å². The Kier molecular flexibility index (Phi) is 2.97. The van der Waals surface area contributed by atoms with Gasteiger partial charge in [0.15, 0.2) is 0 Å². The number of allylic oxidation sites excluding steroid dienone is 3. The summed E-state index contributed by atoms with van der Waals surface area (Å²) >= 11 is 0. The molecule has 16 heavy (non-hydrogen) atoms. The van der Waals surface area contributed by atoms with Crippen LogP contribution >= 0.6 is 0 Å². The second-order valence-corrected chi connectivity index (χ2v) is 3.00. The minimum atomic E-state index is -5.25. The normalized spacial score (nSPS) is 28.9. The standard InChI is InChI=1S/C9H4F4N2O/c10-8(9(11,12)13)3-7(15-5-16)2-1-6(8)4-14/h1-3,6H. The first-order valence-electron chi connectivity index (χ1n) is 3.99. The van der Waals surface area contributed by atoms with Crippen molar-refractivity contribution in [3.8, 4) is 6.07 Å². The van der Waals surface area contributed by atoms with Gasteiger partial charge >= 0.3 is 6.18 Å². The van der Waals surface area contributed by atoms with Crippen LogP contribution in [-0.2, 0) is 4.79 Å². The molecule has 0 amide bonds. The van der Waals surface area contributed by atoms with Crippen molar-refractivity contribution in [2.75, 3.05) is 0 Å². The van der Waals surface area contributed by atoms with Crippen LogP contribution in [0.25, 0.3) is 0 Å². The zero-order valence-corrected chi connectivity index (χ0v) is 7.62. The molecule has 1 aliphatic rings. The number of aliphatic imine (C=N–C) groups is 1. The van der Waals surface area contributed by atoms with Crippen molar-refractivity contribution in [1.29, 1.82) is 5.26 Å². The quantitative estimate of drug-likeness (QED) is 0.395. The number of rotatable bonds is 1. The molecule has 84 valence electrons. The van der Waals surface area contributed by atoms with Gasteiger partial charge in [-0.15, -0.1) is 0 Å². The molecule has 0 aromatic rings. The lowest BCUT2D eigenvalue weighted by molar-refractivity contribution is -0.219. The summed E-state index contributed by atoms with van der Waals surface area (Å²) in [7, 11) is 0. The van der Waals surface area contributed by atoms with Crippen molar-refractivity contribution in [3.05, 3.63) is 23.9 Å². The van der Waals surface area contributed by atoms with Gasteiger partial charge in [-0.05, 0) is 12.2 Å². The lowest BCUT2D eigenvalue weighted by Crippen LogP contribution is -2.45. The van der Waals surface area contributed by atoms with Crippen LogP contribution in [0.1, 0.15) is 0 Å². The van der Waals surface area contributed by atoms with E-state index in [1.807, 2.05) is 0 Å². The second-order valence-electron chi connectivity index (χ2n) is 3.00. The van der Waals surface area contributed by atoms with Crippen molar-refractivity contribution in [1.82, 2.24) is 0 Å². The molecule has 0 spiro atoms. The van der Waals surface area contributed by atoms with Gasteiger partial charge in [-0.3, -0.25) is 0 Å². The van der Waals surface area contributed by atoms with Gasteiger partial charge in [0.25, 0.3) is 0 Å². The van der Waals surface area contributed by atoms with E-state index in [4.69, 9.17) is 5.26 Å². The fourth-order valence-corrected chi connectivity index (χ4v) is 1.21. The highest BCUT2D eigenvalue weighted by atomic mass is 19.4. The predicted octanol–water partition coefficient (Wildman–Crippen LogP) is 2.19. The number of hydrogen-bond acceptors (Lipinski definition) is 3. The number of nitriles is 1. The molecule has 1 rings (SSSR count). The number of isocyanates is 1. The summed E-state index contributed by atoms with van der Waals surface area (Å²) in [5, 5.41) is 8.43. The maximum Gasteiger partial charge on any atom is 0.427 e. The highest BCUT2D eigenvalue weighted by Gasteiger charge is 2.60. The molecule has 0 saturated heterocycles. The molecule has 0 aromatic carbocycles. The first kappa shape index (κ1) is 12.1. The SMILES string of the molecule is N#CC1C=CC(N=C=O)=CC1(F)C(F)(F)F. The Morgan fingerprint density at radius 3 is 2.56 bits per heavy atom. The van der Waals surface area contributed by atoms with Gasteiger partial charge < -0.3 is 0 Å². The molecule has 2 unspecified atom stereocenters. The van der Waals surface area contributed by atoms with Crippen molar-refractivity contribution in [2.24, 2.45) is 10.9 Å². The van der Waals surface area contributed by atoms with Crippen LogP contribution in [0.2, 0.25) is 0 Å². The number of carbonyl (C=O) groups excluding carboxylic acids is 1. The summed E-state index contributed by atoms with van der Waals surface area (Å²) in [4.78, 5) is 12.7. The van der Waals surface area contributed by atoms with Crippen LogP contribution in [0.3, 0.4) is 0 Å². The fraction of sp³-hybridized carbons (Fsp3) is 0.333. The highest BCUT2D eigenvalue weighted by Crippen LogP contribution is 2.44. The van der Waals surface area contributed by atoms with Crippen LogP contribution in [0.15, 0.2) is 28.9 Å². The number of halogens is 4. The molecule has 0 aliphatic heterocycles. The Labute approximate surface area is 87.4 Å². The molecule has 0 aromatic heterocycles. The van der Waals surface area contributed by atoms with Crippen LogP contribution in [0, 0.1) is 17.2 Å². The van der Waals surface area contributed by atoms with E-state index in [0.717, 1.165) is 12.2 Å². The second kappa shape index (κ2) is 3.91. The van der Waals surface area contributed by atoms with Crippen molar-refractivity contribution in [3.63, 3.8) is 0 Å². The average Bonchev–Trinajstić information content (AvgIpc) is 2.17. The molecule has 2 atom stereocenters. The van der Waals surface area contributed by atoms with E-state index >= 15 is 0 Å². The average molecular weight is 232 g/mol. The Morgan fingerprint density at radius 2 is 2.12 bits per heavy atom. The molecule has 0 heterocycles. The van der Waals surface area contributed by atoms with E-state index in [2.05, 4.69) is 4.99 Å². The number of nitrogens with zero attached hydrogens (tertiary/aromatic N) is 2. The first-order chi connectivity index (χ1) is 7.35. The Morgan fingerprint density at radius 1 is 1.50 bits per heavy atom. The molecular formula is C9H4F4N2O. The third-order valence-electron chi connectivity index (χ3n) is 2.02. The monoisotopic (exact) mass is 232 g/mol. The molecule has 0 radical (unpaired) electrons. The summed E-state index contributed by atoms with van der Waals surface area (Å²) in [6, 6.07) is 1.20. The highest BCUT2D eigenvalue weighted by molar-refractivity contribution is 5.43. The maximum atomic E-state index is 13.7. The molecule has 0 fully saturated rings. The van der Waals surface area contributed by atoms with Gasteiger partial charge in [0, 0.05) is 0 Å². The van der Waals surface area contributed by atoms with E-state index < -0.39 is 23.5 Å². The molecule has 0 saturated carbocycles. The smallest absolute Gasteiger partial charge is 0.227 e. The minimum absolute atomic E-state index is 0.103. The first-order valence-corrected chi connectivity index (χ1v) is 3.99. The van der Waals surface area contributed by atoms with E-state index in [1.54, 1.807) is 0 Å². The number of hydrogen-bond donors (Lipinski definition) is 0. The molecule has 7 heteroatoms. The zero-order valence-electron chi connectivity index (χ0n) is 7.62. The lowest BCUT2D eigenvalue weighted by atomic mass is 9.85. The Hall–Kier alpha value is -1.93. The molecule has 0 N–H and O–H groups in total. The van der Waals surface area contributed by atoms with Gasteiger partial charge in [0.05, 0.1) is 11.8 Å². The summed E-state index contributed by atoms with van der Waals surface area (Å²) in [5.74, 6) is -1.99. The van der Waals surface area contributed by atoms with Crippen LogP contribution in [0.4, 0.5) is 17.6 Å². The Balaban J connectivity index is 3.28. The zero-order chi connectivity index (χ0) is 12.4. The minimum Gasteiger partial charge on any atom is -0.227 e. The van der Waals surface area contributed by atoms with Crippen LogP contribution < -0.4 is 0 Å². The third kappa shape index (κ3) is 1.88. The number of alkyl halides is 4. The molecular weight excluding hydrogens is 228 g/mol. The van der Waals surface area contributed by atoms with Gasteiger partial charge in [0.1, 0.15) is 5.92 Å². The topological polar surface area (TPSA) is 53.2 Å². The largest absolute Gasteiger partial charge is 0.427 e.